The Morgan fingerprint density at radius 1 is 1.42 bits per heavy atom. The molecule has 1 saturated heterocycles. The van der Waals surface area contributed by atoms with Gasteiger partial charge in [-0.3, -0.25) is 4.79 Å². The molecule has 2 fully saturated rings. The molecule has 1 atom stereocenters. The largest absolute Gasteiger partial charge is 0.342 e. The first-order valence-corrected chi connectivity index (χ1v) is 7.24. The summed E-state index contributed by atoms with van der Waals surface area (Å²) in [4.78, 5) is 18.3. The fourth-order valence-corrected chi connectivity index (χ4v) is 2.67. The van der Waals surface area contributed by atoms with Crippen LogP contribution in [0.25, 0.3) is 0 Å². The maximum atomic E-state index is 11.9. The lowest BCUT2D eigenvalue weighted by molar-refractivity contribution is -0.133. The molecular formula is C14H21N3O2. The van der Waals surface area contributed by atoms with E-state index in [-0.39, 0.29) is 11.8 Å². The van der Waals surface area contributed by atoms with Crippen molar-refractivity contribution >= 4 is 5.91 Å². The van der Waals surface area contributed by atoms with Crippen LogP contribution in [0.4, 0.5) is 0 Å². The van der Waals surface area contributed by atoms with E-state index >= 15 is 0 Å². The van der Waals surface area contributed by atoms with Crippen LogP contribution in [0.5, 0.6) is 0 Å². The van der Waals surface area contributed by atoms with Crippen LogP contribution in [-0.4, -0.2) is 34.0 Å². The van der Waals surface area contributed by atoms with E-state index in [0.717, 1.165) is 37.6 Å². The lowest BCUT2D eigenvalue weighted by atomic mass is 10.0. The molecule has 0 bridgehead atoms. The normalized spacial score (nSPS) is 23.3. The van der Waals surface area contributed by atoms with Gasteiger partial charge in [-0.2, -0.15) is 4.98 Å². The molecule has 2 aliphatic rings. The van der Waals surface area contributed by atoms with Gasteiger partial charge >= 0.3 is 0 Å². The van der Waals surface area contributed by atoms with Gasteiger partial charge < -0.3 is 9.42 Å². The lowest BCUT2D eigenvalue weighted by Crippen LogP contribution is -2.32. The van der Waals surface area contributed by atoms with Crippen LogP contribution in [-0.2, 0) is 11.2 Å². The van der Waals surface area contributed by atoms with Crippen molar-refractivity contribution in [2.24, 2.45) is 11.8 Å². The van der Waals surface area contributed by atoms with Gasteiger partial charge in [-0.05, 0) is 25.2 Å². The maximum absolute atomic E-state index is 11.9. The second kappa shape index (κ2) is 4.94. The highest BCUT2D eigenvalue weighted by atomic mass is 16.5. The smallest absolute Gasteiger partial charge is 0.229 e. The van der Waals surface area contributed by atoms with E-state index < -0.39 is 0 Å². The Kier molecular flexibility index (Phi) is 3.29. The van der Waals surface area contributed by atoms with Gasteiger partial charge in [-0.15, -0.1) is 0 Å². The molecule has 1 aromatic heterocycles. The van der Waals surface area contributed by atoms with E-state index in [4.69, 9.17) is 4.52 Å². The monoisotopic (exact) mass is 263 g/mol. The zero-order chi connectivity index (χ0) is 13.4. The molecule has 1 aliphatic carbocycles. The molecule has 0 radical (unpaired) electrons. The van der Waals surface area contributed by atoms with Crippen molar-refractivity contribution < 1.29 is 9.32 Å². The third-order valence-electron chi connectivity index (χ3n) is 3.97. The van der Waals surface area contributed by atoms with Crippen molar-refractivity contribution in [1.82, 2.24) is 15.0 Å². The zero-order valence-electron chi connectivity index (χ0n) is 11.6. The van der Waals surface area contributed by atoms with Gasteiger partial charge in [0, 0.05) is 31.3 Å². The van der Waals surface area contributed by atoms with Gasteiger partial charge in [0.2, 0.25) is 11.8 Å². The molecule has 19 heavy (non-hydrogen) atoms. The quantitative estimate of drug-likeness (QED) is 0.833. The molecule has 5 heteroatoms. The summed E-state index contributed by atoms with van der Waals surface area (Å²) in [6.07, 6.45) is 4.24. The summed E-state index contributed by atoms with van der Waals surface area (Å²) < 4.78 is 5.27. The highest BCUT2D eigenvalue weighted by Gasteiger charge is 2.31. The minimum atomic E-state index is 0.0883. The van der Waals surface area contributed by atoms with E-state index in [1.165, 1.54) is 12.8 Å². The van der Waals surface area contributed by atoms with Crippen LogP contribution in [0.1, 0.15) is 50.7 Å². The minimum absolute atomic E-state index is 0.0883. The molecule has 1 unspecified atom stereocenters. The molecule has 2 heterocycles. The Labute approximate surface area is 113 Å². The zero-order valence-corrected chi connectivity index (χ0v) is 11.6. The Morgan fingerprint density at radius 2 is 2.21 bits per heavy atom. The maximum Gasteiger partial charge on any atom is 0.229 e. The summed E-state index contributed by atoms with van der Waals surface area (Å²) in [5, 5.41) is 4.06. The van der Waals surface area contributed by atoms with E-state index in [0.29, 0.717) is 11.8 Å². The molecule has 5 nitrogen and oxygen atoms in total. The fourth-order valence-electron chi connectivity index (χ4n) is 2.67. The van der Waals surface area contributed by atoms with Crippen LogP contribution in [0.3, 0.4) is 0 Å². The second-order valence-electron chi connectivity index (χ2n) is 6.12. The fraction of sp³-hybridized carbons (Fsp3) is 0.786. The third-order valence-corrected chi connectivity index (χ3v) is 3.97. The van der Waals surface area contributed by atoms with E-state index in [1.54, 1.807) is 0 Å². The Hall–Kier alpha value is -1.39. The number of hydrogen-bond acceptors (Lipinski definition) is 4. The first kappa shape index (κ1) is 12.6. The molecular weight excluding hydrogens is 242 g/mol. The second-order valence-corrected chi connectivity index (χ2v) is 6.12. The Morgan fingerprint density at radius 3 is 2.89 bits per heavy atom. The van der Waals surface area contributed by atoms with Gasteiger partial charge in [-0.1, -0.05) is 19.0 Å². The van der Waals surface area contributed by atoms with E-state index in [1.807, 2.05) is 18.7 Å². The number of carbonyl (C=O) groups is 1. The summed E-state index contributed by atoms with van der Waals surface area (Å²) in [5.74, 6) is 2.96. The lowest BCUT2D eigenvalue weighted by Gasteiger charge is -2.18. The van der Waals surface area contributed by atoms with Crippen LogP contribution in [0.15, 0.2) is 4.52 Å². The molecule has 0 aromatic carbocycles. The SMILES string of the molecule is CC(C)C(=O)N1CCC(Cc2noc(C3CC3)n2)C1. The molecule has 0 spiro atoms. The van der Waals surface area contributed by atoms with Crippen LogP contribution >= 0.6 is 0 Å². The molecule has 0 N–H and O–H groups in total. The summed E-state index contributed by atoms with van der Waals surface area (Å²) in [6, 6.07) is 0. The summed E-state index contributed by atoms with van der Waals surface area (Å²) >= 11 is 0. The summed E-state index contributed by atoms with van der Waals surface area (Å²) in [5.41, 5.74) is 0. The third kappa shape index (κ3) is 2.80. The first-order valence-electron chi connectivity index (χ1n) is 7.24. The summed E-state index contributed by atoms with van der Waals surface area (Å²) in [7, 11) is 0. The number of nitrogens with zero attached hydrogens (tertiary/aromatic N) is 3. The number of amides is 1. The van der Waals surface area contributed by atoms with Crippen LogP contribution in [0, 0.1) is 11.8 Å². The van der Waals surface area contributed by atoms with Gasteiger partial charge in [0.15, 0.2) is 5.82 Å². The van der Waals surface area contributed by atoms with Crippen molar-refractivity contribution in [2.45, 2.75) is 45.4 Å². The van der Waals surface area contributed by atoms with E-state index in [2.05, 4.69) is 10.1 Å². The number of hydrogen-bond donors (Lipinski definition) is 0. The number of aromatic nitrogens is 2. The van der Waals surface area contributed by atoms with Crippen molar-refractivity contribution in [2.75, 3.05) is 13.1 Å². The number of likely N-dealkylation sites (tertiary alicyclic amines) is 1. The molecule has 1 saturated carbocycles. The van der Waals surface area contributed by atoms with Crippen molar-refractivity contribution in [3.8, 4) is 0 Å². The Balaban J connectivity index is 1.54. The van der Waals surface area contributed by atoms with Gasteiger partial charge in [0.05, 0.1) is 0 Å². The molecule has 104 valence electrons. The first-order chi connectivity index (χ1) is 9.13. The highest BCUT2D eigenvalue weighted by molar-refractivity contribution is 5.78. The number of carbonyl (C=O) groups excluding carboxylic acids is 1. The molecule has 3 rings (SSSR count). The van der Waals surface area contributed by atoms with Gasteiger partial charge in [-0.25, -0.2) is 0 Å². The van der Waals surface area contributed by atoms with Crippen LogP contribution in [0.2, 0.25) is 0 Å². The predicted molar refractivity (Wildman–Crippen MR) is 69.5 cm³/mol. The van der Waals surface area contributed by atoms with Crippen LogP contribution < -0.4 is 0 Å². The van der Waals surface area contributed by atoms with Gasteiger partial charge in [0.25, 0.3) is 0 Å². The standard InChI is InChI=1S/C14H21N3O2/c1-9(2)14(18)17-6-5-10(8-17)7-12-15-13(19-16-12)11-3-4-11/h9-11H,3-8H2,1-2H3. The predicted octanol–water partition coefficient (Wildman–Crippen LogP) is 1.99. The van der Waals surface area contributed by atoms with E-state index in [9.17, 15) is 4.79 Å². The van der Waals surface area contributed by atoms with Crippen molar-refractivity contribution in [3.05, 3.63) is 11.7 Å². The molecule has 1 aliphatic heterocycles. The Bertz CT molecular complexity index is 465. The highest BCUT2D eigenvalue weighted by Crippen LogP contribution is 2.39. The van der Waals surface area contributed by atoms with Crippen molar-refractivity contribution in [1.29, 1.82) is 0 Å². The minimum Gasteiger partial charge on any atom is -0.342 e. The number of rotatable bonds is 4. The van der Waals surface area contributed by atoms with Crippen molar-refractivity contribution in [3.63, 3.8) is 0 Å². The molecule has 1 amide bonds. The topological polar surface area (TPSA) is 59.2 Å². The summed E-state index contributed by atoms with van der Waals surface area (Å²) in [6.45, 7) is 5.62. The average Bonchev–Trinajstić information content (AvgIpc) is 2.96. The average molecular weight is 263 g/mol. The molecule has 1 aromatic rings. The van der Waals surface area contributed by atoms with Gasteiger partial charge in [0.1, 0.15) is 0 Å².